The molecule has 0 bridgehead atoms. The van der Waals surface area contributed by atoms with Gasteiger partial charge in [-0.2, -0.15) is 0 Å². The number of alkyl halides is 1. The van der Waals surface area contributed by atoms with E-state index in [-0.39, 0.29) is 18.2 Å². The smallest absolute Gasteiger partial charge is 0.211 e. The van der Waals surface area contributed by atoms with Crippen molar-refractivity contribution < 1.29 is 13.5 Å². The first kappa shape index (κ1) is 11.2. The lowest BCUT2D eigenvalue weighted by atomic mass is 10.4. The minimum Gasteiger partial charge on any atom is -0.391 e. The van der Waals surface area contributed by atoms with Gasteiger partial charge in [-0.25, -0.2) is 13.1 Å². The highest BCUT2D eigenvalue weighted by molar-refractivity contribution is 7.89. The number of aliphatic hydroxyl groups excluding tert-OH is 1. The molecule has 0 aromatic carbocycles. The van der Waals surface area contributed by atoms with Crippen LogP contribution in [0.25, 0.3) is 0 Å². The van der Waals surface area contributed by atoms with Crippen LogP contribution in [0.5, 0.6) is 0 Å². The minimum absolute atomic E-state index is 0.0142. The van der Waals surface area contributed by atoms with Gasteiger partial charge >= 0.3 is 0 Å². The fourth-order valence-electron chi connectivity index (χ4n) is 0.380. The van der Waals surface area contributed by atoms with E-state index >= 15 is 0 Å². The molecule has 1 unspecified atom stereocenters. The number of halogens is 1. The van der Waals surface area contributed by atoms with Crippen molar-refractivity contribution in [3.63, 3.8) is 0 Å². The largest absolute Gasteiger partial charge is 0.391 e. The average Bonchev–Trinajstić information content (AvgIpc) is 2.00. The van der Waals surface area contributed by atoms with Gasteiger partial charge in [-0.1, -0.05) is 0 Å². The van der Waals surface area contributed by atoms with Crippen molar-refractivity contribution in [2.24, 2.45) is 0 Å². The first-order valence-corrected chi connectivity index (χ1v) is 5.42. The lowest BCUT2D eigenvalue weighted by molar-refractivity contribution is 0.202. The second kappa shape index (κ2) is 4.92. The van der Waals surface area contributed by atoms with E-state index < -0.39 is 16.1 Å². The Morgan fingerprint density at radius 3 is 2.55 bits per heavy atom. The third kappa shape index (κ3) is 5.43. The van der Waals surface area contributed by atoms with Crippen molar-refractivity contribution in [1.82, 2.24) is 4.72 Å². The maximum atomic E-state index is 10.8. The van der Waals surface area contributed by atoms with Crippen LogP contribution in [0.3, 0.4) is 0 Å². The number of rotatable bonds is 5. The first-order valence-electron chi connectivity index (χ1n) is 3.23. The molecular formula is C5H12ClNO3S. The summed E-state index contributed by atoms with van der Waals surface area (Å²) in [6.45, 7) is 1.51. The van der Waals surface area contributed by atoms with Gasteiger partial charge in [0, 0.05) is 12.4 Å². The Labute approximate surface area is 71.6 Å². The topological polar surface area (TPSA) is 66.4 Å². The molecule has 0 aromatic rings. The minimum atomic E-state index is -3.19. The van der Waals surface area contributed by atoms with Crippen LogP contribution in [-0.2, 0) is 10.0 Å². The van der Waals surface area contributed by atoms with Gasteiger partial charge in [0.15, 0.2) is 0 Å². The molecule has 0 heterocycles. The summed E-state index contributed by atoms with van der Waals surface area (Å²) in [6, 6.07) is 0. The van der Waals surface area contributed by atoms with Crippen LogP contribution in [-0.4, -0.2) is 37.8 Å². The predicted octanol–water partition coefficient (Wildman–Crippen LogP) is -0.475. The number of hydrogen-bond acceptors (Lipinski definition) is 3. The van der Waals surface area contributed by atoms with Gasteiger partial charge in [-0.15, -0.1) is 11.6 Å². The van der Waals surface area contributed by atoms with E-state index in [1.54, 1.807) is 0 Å². The third-order valence-corrected chi connectivity index (χ3v) is 2.82. The van der Waals surface area contributed by atoms with Crippen LogP contribution in [0.15, 0.2) is 0 Å². The molecule has 0 spiro atoms. The SMILES string of the molecule is CCS(=O)(=O)NCC(O)CCl. The van der Waals surface area contributed by atoms with Gasteiger partial charge in [-0.3, -0.25) is 0 Å². The van der Waals surface area contributed by atoms with Crippen LogP contribution < -0.4 is 4.72 Å². The molecule has 0 amide bonds. The van der Waals surface area contributed by atoms with E-state index in [1.807, 2.05) is 0 Å². The quantitative estimate of drug-likeness (QED) is 0.591. The Balaban J connectivity index is 3.71. The van der Waals surface area contributed by atoms with Crippen LogP contribution in [0, 0.1) is 0 Å². The van der Waals surface area contributed by atoms with E-state index in [2.05, 4.69) is 4.72 Å². The summed E-state index contributed by atoms with van der Waals surface area (Å²) in [5.41, 5.74) is 0. The van der Waals surface area contributed by atoms with Crippen LogP contribution in [0.2, 0.25) is 0 Å². The number of nitrogens with one attached hydrogen (secondary N) is 1. The molecule has 0 aliphatic heterocycles. The van der Waals surface area contributed by atoms with Crippen LogP contribution in [0.1, 0.15) is 6.92 Å². The summed E-state index contributed by atoms with van der Waals surface area (Å²) < 4.78 is 23.7. The molecule has 1 atom stereocenters. The van der Waals surface area contributed by atoms with Crippen molar-refractivity contribution in [3.8, 4) is 0 Å². The molecule has 0 aromatic heterocycles. The average molecular weight is 202 g/mol. The summed E-state index contributed by atoms with van der Waals surface area (Å²) in [6.07, 6.45) is -0.807. The summed E-state index contributed by atoms with van der Waals surface area (Å²) in [5, 5.41) is 8.86. The molecule has 4 nitrogen and oxygen atoms in total. The number of hydrogen-bond donors (Lipinski definition) is 2. The Bertz CT molecular complexity index is 192. The Morgan fingerprint density at radius 1 is 1.64 bits per heavy atom. The van der Waals surface area contributed by atoms with E-state index in [4.69, 9.17) is 16.7 Å². The Morgan fingerprint density at radius 2 is 2.18 bits per heavy atom. The summed E-state index contributed by atoms with van der Waals surface area (Å²) >= 11 is 5.24. The highest BCUT2D eigenvalue weighted by Gasteiger charge is 2.08. The van der Waals surface area contributed by atoms with E-state index in [9.17, 15) is 8.42 Å². The summed E-state index contributed by atoms with van der Waals surface area (Å²) in [7, 11) is -3.19. The zero-order chi connectivity index (χ0) is 8.91. The predicted molar refractivity (Wildman–Crippen MR) is 44.2 cm³/mol. The lowest BCUT2D eigenvalue weighted by Gasteiger charge is -2.07. The molecule has 0 saturated heterocycles. The molecule has 2 N–H and O–H groups in total. The molecule has 0 radical (unpaired) electrons. The number of aliphatic hydroxyl groups is 1. The number of sulfonamides is 1. The maximum absolute atomic E-state index is 10.8. The van der Waals surface area contributed by atoms with Crippen molar-refractivity contribution in [2.45, 2.75) is 13.0 Å². The van der Waals surface area contributed by atoms with Crippen LogP contribution >= 0.6 is 11.6 Å². The van der Waals surface area contributed by atoms with E-state index in [0.29, 0.717) is 0 Å². The fourth-order valence-corrected chi connectivity index (χ4v) is 1.14. The zero-order valence-electron chi connectivity index (χ0n) is 6.25. The zero-order valence-corrected chi connectivity index (χ0v) is 7.82. The maximum Gasteiger partial charge on any atom is 0.211 e. The van der Waals surface area contributed by atoms with Gasteiger partial charge in [0.2, 0.25) is 10.0 Å². The Hall–Kier alpha value is 0.160. The molecular weight excluding hydrogens is 190 g/mol. The van der Waals surface area contributed by atoms with Crippen molar-refractivity contribution >= 4 is 21.6 Å². The summed E-state index contributed by atoms with van der Waals surface area (Å²) in [4.78, 5) is 0. The van der Waals surface area contributed by atoms with Gasteiger partial charge < -0.3 is 5.11 Å². The third-order valence-electron chi connectivity index (χ3n) is 1.10. The van der Waals surface area contributed by atoms with Crippen molar-refractivity contribution in [1.29, 1.82) is 0 Å². The monoisotopic (exact) mass is 201 g/mol. The van der Waals surface area contributed by atoms with E-state index in [0.717, 1.165) is 0 Å². The Kier molecular flexibility index (Phi) is 4.99. The second-order valence-electron chi connectivity index (χ2n) is 2.06. The molecule has 0 aliphatic carbocycles. The first-order chi connectivity index (χ1) is 5.02. The molecule has 6 heteroatoms. The van der Waals surface area contributed by atoms with Gasteiger partial charge in [-0.05, 0) is 6.92 Å². The fraction of sp³-hybridized carbons (Fsp3) is 1.00. The van der Waals surface area contributed by atoms with Crippen LogP contribution in [0.4, 0.5) is 0 Å². The molecule has 11 heavy (non-hydrogen) atoms. The van der Waals surface area contributed by atoms with Gasteiger partial charge in [0.05, 0.1) is 11.9 Å². The molecule has 68 valence electrons. The van der Waals surface area contributed by atoms with Gasteiger partial charge in [0.25, 0.3) is 0 Å². The normalized spacial score (nSPS) is 14.8. The second-order valence-corrected chi connectivity index (χ2v) is 4.46. The van der Waals surface area contributed by atoms with Gasteiger partial charge in [0.1, 0.15) is 0 Å². The lowest BCUT2D eigenvalue weighted by Crippen LogP contribution is -2.33. The highest BCUT2D eigenvalue weighted by atomic mass is 35.5. The molecule has 0 aliphatic rings. The standard InChI is InChI=1S/C5H12ClNO3S/c1-2-11(9,10)7-4-5(8)3-6/h5,7-8H,2-4H2,1H3. The highest BCUT2D eigenvalue weighted by Crippen LogP contribution is 1.87. The molecule has 0 saturated carbocycles. The van der Waals surface area contributed by atoms with Crippen molar-refractivity contribution in [3.05, 3.63) is 0 Å². The molecule has 0 fully saturated rings. The van der Waals surface area contributed by atoms with E-state index in [1.165, 1.54) is 6.92 Å². The summed E-state index contributed by atoms with van der Waals surface area (Å²) in [5.74, 6) is 0.0498. The van der Waals surface area contributed by atoms with Crippen molar-refractivity contribution in [2.75, 3.05) is 18.2 Å². The molecule has 0 rings (SSSR count).